The van der Waals surface area contributed by atoms with Gasteiger partial charge in [-0.1, -0.05) is 35.9 Å². The van der Waals surface area contributed by atoms with Crippen molar-refractivity contribution in [3.8, 4) is 11.5 Å². The number of carbonyl (C=O) groups is 1. The lowest BCUT2D eigenvalue weighted by atomic mass is 9.99. The molecule has 0 bridgehead atoms. The largest absolute Gasteiger partial charge is 0.497 e. The summed E-state index contributed by atoms with van der Waals surface area (Å²) < 4.78 is 25.2. The molecular weight excluding hydrogens is 467 g/mol. The van der Waals surface area contributed by atoms with E-state index in [0.29, 0.717) is 57.4 Å². The summed E-state index contributed by atoms with van der Waals surface area (Å²) in [6, 6.07) is 17.3. The third kappa shape index (κ3) is 4.21. The number of nitrogens with zero attached hydrogens (tertiary/aromatic N) is 1. The minimum Gasteiger partial charge on any atom is -0.497 e. The zero-order valence-electron chi connectivity index (χ0n) is 19.2. The monoisotopic (exact) mass is 488 g/mol. The van der Waals surface area contributed by atoms with E-state index in [0.717, 1.165) is 16.5 Å². The standard InChI is InChI=1S/C28H22ClFN2O3/c1-34-17-11-13-25(35-2)24(15-17)32-28(33)26-18-6-3-4-9-23(18)31-27-16(10-12-19(26)27)14-20-21(29)7-5-8-22(20)30/h3-9,11,13-15H,10,12H2,1-2H3,(H,32,33). The van der Waals surface area contributed by atoms with Crippen molar-refractivity contribution in [2.45, 2.75) is 12.8 Å². The van der Waals surface area contributed by atoms with Crippen LogP contribution >= 0.6 is 11.6 Å². The average molecular weight is 489 g/mol. The molecule has 1 amide bonds. The SMILES string of the molecule is COc1ccc(OC)c(NC(=O)c2c3c(nc4ccccc24)C(=Cc2c(F)cccc2Cl)CC3)c1. The number of benzene rings is 3. The molecular formula is C28H22ClFN2O3. The van der Waals surface area contributed by atoms with E-state index in [1.54, 1.807) is 50.6 Å². The Labute approximate surface area is 207 Å². The molecule has 1 aliphatic carbocycles. The molecule has 3 aromatic carbocycles. The number of halogens is 2. The summed E-state index contributed by atoms with van der Waals surface area (Å²) >= 11 is 6.26. The summed E-state index contributed by atoms with van der Waals surface area (Å²) in [7, 11) is 3.11. The number of hydrogen-bond acceptors (Lipinski definition) is 4. The summed E-state index contributed by atoms with van der Waals surface area (Å²) in [6.45, 7) is 0. The van der Waals surface area contributed by atoms with Gasteiger partial charge in [-0.2, -0.15) is 0 Å². The molecule has 0 fully saturated rings. The zero-order chi connectivity index (χ0) is 24.5. The molecule has 176 valence electrons. The Morgan fingerprint density at radius 3 is 2.66 bits per heavy atom. The Morgan fingerprint density at radius 1 is 1.06 bits per heavy atom. The number of fused-ring (bicyclic) bond motifs is 2. The van der Waals surface area contributed by atoms with Gasteiger partial charge in [0.15, 0.2) is 0 Å². The number of rotatable bonds is 5. The molecule has 1 aromatic heterocycles. The van der Waals surface area contributed by atoms with E-state index in [1.807, 2.05) is 24.3 Å². The number of pyridine rings is 1. The van der Waals surface area contributed by atoms with Crippen LogP contribution < -0.4 is 14.8 Å². The van der Waals surface area contributed by atoms with Crippen LogP contribution in [0.5, 0.6) is 11.5 Å². The summed E-state index contributed by atoms with van der Waals surface area (Å²) in [5.41, 5.74) is 4.38. The first-order valence-corrected chi connectivity index (χ1v) is 11.5. The van der Waals surface area contributed by atoms with E-state index in [1.165, 1.54) is 6.07 Å². The van der Waals surface area contributed by atoms with Crippen molar-refractivity contribution in [2.24, 2.45) is 0 Å². The second kappa shape index (κ2) is 9.39. The van der Waals surface area contributed by atoms with Crippen LogP contribution in [0.25, 0.3) is 22.6 Å². The lowest BCUT2D eigenvalue weighted by Crippen LogP contribution is -2.16. The number of methoxy groups -OCH3 is 2. The fourth-order valence-electron chi connectivity index (χ4n) is 4.46. The van der Waals surface area contributed by atoms with Gasteiger partial charge in [0.1, 0.15) is 17.3 Å². The minimum absolute atomic E-state index is 0.281. The summed E-state index contributed by atoms with van der Waals surface area (Å²) in [4.78, 5) is 18.5. The van der Waals surface area contributed by atoms with Gasteiger partial charge in [-0.25, -0.2) is 9.37 Å². The summed E-state index contributed by atoms with van der Waals surface area (Å²) in [5, 5.41) is 4.06. The molecule has 0 atom stereocenters. The molecule has 4 aromatic rings. The van der Waals surface area contributed by atoms with Gasteiger partial charge < -0.3 is 14.8 Å². The molecule has 0 saturated carbocycles. The van der Waals surface area contributed by atoms with E-state index < -0.39 is 5.82 Å². The first kappa shape index (κ1) is 22.9. The van der Waals surface area contributed by atoms with Crippen molar-refractivity contribution < 1.29 is 18.7 Å². The van der Waals surface area contributed by atoms with Gasteiger partial charge in [0.25, 0.3) is 5.91 Å². The number of para-hydroxylation sites is 1. The maximum atomic E-state index is 14.5. The number of nitrogens with one attached hydrogen (secondary N) is 1. The number of hydrogen-bond donors (Lipinski definition) is 1. The number of ether oxygens (including phenoxy) is 2. The minimum atomic E-state index is -0.401. The molecule has 0 radical (unpaired) electrons. The number of anilines is 1. The van der Waals surface area contributed by atoms with Crippen LogP contribution in [0.15, 0.2) is 60.7 Å². The topological polar surface area (TPSA) is 60.5 Å². The summed E-state index contributed by atoms with van der Waals surface area (Å²) in [6.07, 6.45) is 2.95. The first-order valence-electron chi connectivity index (χ1n) is 11.1. The Balaban J connectivity index is 1.64. The Bertz CT molecular complexity index is 1480. The predicted octanol–water partition coefficient (Wildman–Crippen LogP) is 6.78. The maximum absolute atomic E-state index is 14.5. The van der Waals surface area contributed by atoms with Gasteiger partial charge in [-0.15, -0.1) is 0 Å². The van der Waals surface area contributed by atoms with E-state index >= 15 is 0 Å². The van der Waals surface area contributed by atoms with Gasteiger partial charge in [0.2, 0.25) is 0 Å². The number of aromatic nitrogens is 1. The fourth-order valence-corrected chi connectivity index (χ4v) is 4.68. The van der Waals surface area contributed by atoms with Gasteiger partial charge >= 0.3 is 0 Å². The normalized spacial score (nSPS) is 13.7. The highest BCUT2D eigenvalue weighted by molar-refractivity contribution is 6.32. The van der Waals surface area contributed by atoms with Crippen LogP contribution in [-0.4, -0.2) is 25.1 Å². The van der Waals surface area contributed by atoms with Gasteiger partial charge in [-0.3, -0.25) is 4.79 Å². The molecule has 5 nitrogen and oxygen atoms in total. The lowest BCUT2D eigenvalue weighted by Gasteiger charge is -2.15. The Kier molecular flexibility index (Phi) is 6.14. The van der Waals surface area contributed by atoms with E-state index in [4.69, 9.17) is 26.1 Å². The molecule has 35 heavy (non-hydrogen) atoms. The van der Waals surface area contributed by atoms with Crippen LogP contribution in [0.3, 0.4) is 0 Å². The van der Waals surface area contributed by atoms with Crippen molar-refractivity contribution in [1.29, 1.82) is 0 Å². The molecule has 0 spiro atoms. The van der Waals surface area contributed by atoms with Gasteiger partial charge in [0.05, 0.1) is 41.7 Å². The second-order valence-electron chi connectivity index (χ2n) is 8.16. The van der Waals surface area contributed by atoms with Crippen molar-refractivity contribution in [1.82, 2.24) is 4.98 Å². The van der Waals surface area contributed by atoms with Crippen LogP contribution in [0.1, 0.15) is 33.6 Å². The Hall–Kier alpha value is -3.90. The number of allylic oxidation sites excluding steroid dienone is 1. The van der Waals surface area contributed by atoms with Gasteiger partial charge in [-0.05, 0) is 60.4 Å². The molecule has 0 saturated heterocycles. The highest BCUT2D eigenvalue weighted by atomic mass is 35.5. The van der Waals surface area contributed by atoms with E-state index in [9.17, 15) is 9.18 Å². The van der Waals surface area contributed by atoms with Crippen LogP contribution in [-0.2, 0) is 6.42 Å². The second-order valence-corrected chi connectivity index (χ2v) is 8.56. The fraction of sp³-hybridized carbons (Fsp3) is 0.143. The lowest BCUT2D eigenvalue weighted by molar-refractivity contribution is 0.102. The van der Waals surface area contributed by atoms with E-state index in [-0.39, 0.29) is 5.91 Å². The van der Waals surface area contributed by atoms with Crippen molar-refractivity contribution in [3.63, 3.8) is 0 Å². The average Bonchev–Trinajstić information content (AvgIpc) is 3.26. The van der Waals surface area contributed by atoms with Crippen molar-refractivity contribution in [2.75, 3.05) is 19.5 Å². The van der Waals surface area contributed by atoms with Crippen LogP contribution in [0, 0.1) is 5.82 Å². The maximum Gasteiger partial charge on any atom is 0.256 e. The molecule has 7 heteroatoms. The smallest absolute Gasteiger partial charge is 0.256 e. The molecule has 5 rings (SSSR count). The van der Waals surface area contributed by atoms with Gasteiger partial charge in [0, 0.05) is 17.0 Å². The highest BCUT2D eigenvalue weighted by Crippen LogP contribution is 2.39. The molecule has 1 heterocycles. The van der Waals surface area contributed by atoms with Crippen molar-refractivity contribution in [3.05, 3.63) is 93.9 Å². The van der Waals surface area contributed by atoms with Crippen LogP contribution in [0.4, 0.5) is 10.1 Å². The van der Waals surface area contributed by atoms with Crippen LogP contribution in [0.2, 0.25) is 5.02 Å². The third-order valence-corrected chi connectivity index (χ3v) is 6.47. The third-order valence-electron chi connectivity index (χ3n) is 6.14. The number of carbonyl (C=O) groups excluding carboxylic acids is 1. The quantitative estimate of drug-likeness (QED) is 0.336. The first-order chi connectivity index (χ1) is 17.0. The van der Waals surface area contributed by atoms with Crippen molar-refractivity contribution >= 4 is 45.7 Å². The summed E-state index contributed by atoms with van der Waals surface area (Å²) in [5.74, 6) is 0.431. The predicted molar refractivity (Wildman–Crippen MR) is 137 cm³/mol. The molecule has 1 N–H and O–H groups in total. The zero-order valence-corrected chi connectivity index (χ0v) is 19.9. The molecule has 0 aliphatic heterocycles. The molecule has 0 unspecified atom stereocenters. The number of amides is 1. The highest BCUT2D eigenvalue weighted by Gasteiger charge is 2.27. The van der Waals surface area contributed by atoms with E-state index in [2.05, 4.69) is 5.32 Å². The molecule has 1 aliphatic rings. The Morgan fingerprint density at radius 2 is 1.89 bits per heavy atom.